The SMILES string of the molecule is COc1cc(-n2cccc2)c(Cl)cc1C(=O)NC(C)(C)c1noc(C(C)(C)C)n1. The van der Waals surface area contributed by atoms with Crippen molar-refractivity contribution in [2.75, 3.05) is 7.11 Å². The Hall–Kier alpha value is -2.80. The van der Waals surface area contributed by atoms with E-state index in [4.69, 9.17) is 20.9 Å². The van der Waals surface area contributed by atoms with Crippen molar-refractivity contribution >= 4 is 17.5 Å². The molecule has 0 aliphatic rings. The smallest absolute Gasteiger partial charge is 0.255 e. The second-order valence-electron chi connectivity index (χ2n) is 8.35. The van der Waals surface area contributed by atoms with E-state index in [0.29, 0.717) is 28.1 Å². The molecule has 1 aromatic carbocycles. The third-order valence-corrected chi connectivity index (χ3v) is 4.75. The highest BCUT2D eigenvalue weighted by Crippen LogP contribution is 2.31. The fourth-order valence-electron chi connectivity index (χ4n) is 2.77. The van der Waals surface area contributed by atoms with Crippen LogP contribution in [0.15, 0.2) is 41.2 Å². The van der Waals surface area contributed by atoms with Crippen molar-refractivity contribution in [1.82, 2.24) is 20.0 Å². The maximum Gasteiger partial charge on any atom is 0.255 e. The van der Waals surface area contributed by atoms with Crippen molar-refractivity contribution in [3.63, 3.8) is 0 Å². The van der Waals surface area contributed by atoms with Crippen molar-refractivity contribution < 1.29 is 14.1 Å². The minimum Gasteiger partial charge on any atom is -0.496 e. The van der Waals surface area contributed by atoms with E-state index in [0.717, 1.165) is 5.69 Å². The van der Waals surface area contributed by atoms with Gasteiger partial charge in [-0.2, -0.15) is 4.98 Å². The summed E-state index contributed by atoms with van der Waals surface area (Å²) in [6, 6.07) is 7.11. The number of aromatic nitrogens is 3. The molecule has 7 nitrogen and oxygen atoms in total. The molecule has 0 unspecified atom stereocenters. The van der Waals surface area contributed by atoms with Crippen LogP contribution in [0.25, 0.3) is 5.69 Å². The molecule has 2 aromatic heterocycles. The minimum atomic E-state index is -0.860. The fourth-order valence-corrected chi connectivity index (χ4v) is 3.03. The summed E-state index contributed by atoms with van der Waals surface area (Å²) in [7, 11) is 1.51. The molecule has 1 N–H and O–H groups in total. The molecule has 154 valence electrons. The number of carbonyl (C=O) groups is 1. The van der Waals surface area contributed by atoms with Crippen molar-refractivity contribution in [2.45, 2.75) is 45.6 Å². The third kappa shape index (κ3) is 4.29. The molecule has 0 atom stereocenters. The lowest BCUT2D eigenvalue weighted by Crippen LogP contribution is -2.42. The summed E-state index contributed by atoms with van der Waals surface area (Å²) in [5.74, 6) is 0.959. The van der Waals surface area contributed by atoms with E-state index < -0.39 is 5.54 Å². The number of benzene rings is 1. The molecule has 8 heteroatoms. The number of nitrogens with one attached hydrogen (secondary N) is 1. The number of amides is 1. The predicted molar refractivity (Wildman–Crippen MR) is 111 cm³/mol. The van der Waals surface area contributed by atoms with Gasteiger partial charge < -0.3 is 19.1 Å². The van der Waals surface area contributed by atoms with Crippen LogP contribution in [0.4, 0.5) is 0 Å². The average Bonchev–Trinajstić information content (AvgIpc) is 3.32. The fraction of sp³-hybridized carbons (Fsp3) is 0.381. The molecule has 29 heavy (non-hydrogen) atoms. The zero-order valence-corrected chi connectivity index (χ0v) is 18.2. The molecule has 0 bridgehead atoms. The Morgan fingerprint density at radius 3 is 2.38 bits per heavy atom. The van der Waals surface area contributed by atoms with E-state index in [1.54, 1.807) is 12.1 Å². The van der Waals surface area contributed by atoms with Crippen LogP contribution in [0.5, 0.6) is 5.75 Å². The average molecular weight is 417 g/mol. The van der Waals surface area contributed by atoms with Crippen LogP contribution in [-0.2, 0) is 11.0 Å². The topological polar surface area (TPSA) is 82.2 Å². The molecule has 0 radical (unpaired) electrons. The van der Waals surface area contributed by atoms with Crippen LogP contribution < -0.4 is 10.1 Å². The molecule has 0 fully saturated rings. The molecule has 3 rings (SSSR count). The lowest BCUT2D eigenvalue weighted by molar-refractivity contribution is 0.0904. The van der Waals surface area contributed by atoms with Crippen LogP contribution in [0.1, 0.15) is 56.7 Å². The molecule has 0 saturated heterocycles. The van der Waals surface area contributed by atoms with Gasteiger partial charge in [0.1, 0.15) is 5.75 Å². The van der Waals surface area contributed by atoms with Crippen LogP contribution >= 0.6 is 11.6 Å². The third-order valence-electron chi connectivity index (χ3n) is 4.45. The Bertz CT molecular complexity index is 1020. The second kappa shape index (κ2) is 7.55. The van der Waals surface area contributed by atoms with Crippen molar-refractivity contribution in [3.05, 3.63) is 59.0 Å². The molecule has 1 amide bonds. The first kappa shape index (κ1) is 20.9. The first-order chi connectivity index (χ1) is 13.5. The van der Waals surface area contributed by atoms with Gasteiger partial charge in [-0.1, -0.05) is 37.5 Å². The largest absolute Gasteiger partial charge is 0.496 e. The van der Waals surface area contributed by atoms with Gasteiger partial charge in [-0.3, -0.25) is 4.79 Å². The normalized spacial score (nSPS) is 12.1. The molecular weight excluding hydrogens is 392 g/mol. The van der Waals surface area contributed by atoms with Gasteiger partial charge in [-0.15, -0.1) is 0 Å². The molecule has 0 spiro atoms. The predicted octanol–water partition coefficient (Wildman–Crippen LogP) is 4.48. The Labute approximate surface area is 175 Å². The van der Waals surface area contributed by atoms with Gasteiger partial charge in [0.25, 0.3) is 5.91 Å². The maximum atomic E-state index is 13.0. The van der Waals surface area contributed by atoms with Crippen LogP contribution in [0.3, 0.4) is 0 Å². The van der Waals surface area contributed by atoms with Gasteiger partial charge in [-0.25, -0.2) is 0 Å². The summed E-state index contributed by atoms with van der Waals surface area (Å²) in [6.07, 6.45) is 3.74. The van der Waals surface area contributed by atoms with E-state index in [1.807, 2.05) is 63.7 Å². The van der Waals surface area contributed by atoms with Gasteiger partial charge in [0.15, 0.2) is 5.82 Å². The summed E-state index contributed by atoms with van der Waals surface area (Å²) >= 11 is 6.44. The molecule has 0 aliphatic heterocycles. The number of hydrogen-bond acceptors (Lipinski definition) is 5. The molecule has 3 aromatic rings. The summed E-state index contributed by atoms with van der Waals surface area (Å²) in [5, 5.41) is 7.42. The number of nitrogens with zero attached hydrogens (tertiary/aromatic N) is 3. The zero-order valence-electron chi connectivity index (χ0n) is 17.4. The monoisotopic (exact) mass is 416 g/mol. The van der Waals surface area contributed by atoms with E-state index in [2.05, 4.69) is 15.5 Å². The van der Waals surface area contributed by atoms with Crippen LogP contribution in [-0.4, -0.2) is 27.7 Å². The standard InChI is InChI=1S/C21H25ClN4O3/c1-20(2,3)19-23-18(25-29-19)21(4,5)24-17(27)13-11-14(22)15(12-16(13)28-6)26-9-7-8-10-26/h7-12H,1-6H3,(H,24,27). The number of ether oxygens (including phenoxy) is 1. The number of halogens is 1. The summed E-state index contributed by atoms with van der Waals surface area (Å²) < 4.78 is 12.7. The first-order valence-corrected chi connectivity index (χ1v) is 9.59. The Balaban J connectivity index is 1.90. The van der Waals surface area contributed by atoms with Crippen molar-refractivity contribution in [1.29, 1.82) is 0 Å². The van der Waals surface area contributed by atoms with Crippen molar-refractivity contribution in [3.8, 4) is 11.4 Å². The van der Waals surface area contributed by atoms with E-state index >= 15 is 0 Å². The van der Waals surface area contributed by atoms with Gasteiger partial charge >= 0.3 is 0 Å². The molecular formula is C21H25ClN4O3. The van der Waals surface area contributed by atoms with Gasteiger partial charge in [0.2, 0.25) is 5.89 Å². The highest BCUT2D eigenvalue weighted by Gasteiger charge is 2.32. The van der Waals surface area contributed by atoms with Crippen molar-refractivity contribution in [2.24, 2.45) is 0 Å². The Morgan fingerprint density at radius 1 is 1.17 bits per heavy atom. The number of rotatable bonds is 5. The van der Waals surface area contributed by atoms with E-state index in [1.165, 1.54) is 7.11 Å². The Kier molecular flexibility index (Phi) is 5.45. The van der Waals surface area contributed by atoms with E-state index in [9.17, 15) is 4.79 Å². The van der Waals surface area contributed by atoms with Gasteiger partial charge in [-0.05, 0) is 32.0 Å². The maximum absolute atomic E-state index is 13.0. The van der Waals surface area contributed by atoms with Gasteiger partial charge in [0.05, 0.1) is 28.9 Å². The lowest BCUT2D eigenvalue weighted by atomic mass is 9.96. The molecule has 0 saturated carbocycles. The van der Waals surface area contributed by atoms with Crippen LogP contribution in [0.2, 0.25) is 5.02 Å². The Morgan fingerprint density at radius 2 is 1.83 bits per heavy atom. The van der Waals surface area contributed by atoms with Gasteiger partial charge in [0, 0.05) is 23.9 Å². The zero-order chi connectivity index (χ0) is 21.4. The second-order valence-corrected chi connectivity index (χ2v) is 8.75. The first-order valence-electron chi connectivity index (χ1n) is 9.21. The molecule has 0 aliphatic carbocycles. The quantitative estimate of drug-likeness (QED) is 0.662. The number of hydrogen-bond donors (Lipinski definition) is 1. The van der Waals surface area contributed by atoms with Crippen LogP contribution in [0, 0.1) is 0 Å². The molecule has 2 heterocycles. The highest BCUT2D eigenvalue weighted by molar-refractivity contribution is 6.33. The lowest BCUT2D eigenvalue weighted by Gasteiger charge is -2.23. The minimum absolute atomic E-state index is 0.281. The van der Waals surface area contributed by atoms with E-state index in [-0.39, 0.29) is 11.3 Å². The summed E-state index contributed by atoms with van der Waals surface area (Å²) in [5.41, 5.74) is -0.102. The summed E-state index contributed by atoms with van der Waals surface area (Å²) in [6.45, 7) is 9.56. The number of methoxy groups -OCH3 is 1. The highest BCUT2D eigenvalue weighted by atomic mass is 35.5. The summed E-state index contributed by atoms with van der Waals surface area (Å²) in [4.78, 5) is 17.5. The number of carbonyl (C=O) groups excluding carboxylic acids is 1.